The van der Waals surface area contributed by atoms with E-state index in [1.54, 1.807) is 4.88 Å². The third-order valence-corrected chi connectivity index (χ3v) is 5.54. The van der Waals surface area contributed by atoms with Crippen molar-refractivity contribution in [2.45, 2.75) is 63.8 Å². The minimum atomic E-state index is 0.241. The summed E-state index contributed by atoms with van der Waals surface area (Å²) in [7, 11) is 0. The first-order valence-corrected chi connectivity index (χ1v) is 7.90. The van der Waals surface area contributed by atoms with Gasteiger partial charge in [0.05, 0.1) is 11.2 Å². The number of hydrogen-bond donors (Lipinski definition) is 1. The molecule has 1 aromatic heterocycles. The van der Waals surface area contributed by atoms with Gasteiger partial charge in [0.25, 0.3) is 0 Å². The van der Waals surface area contributed by atoms with Crippen LogP contribution in [-0.4, -0.2) is 11.5 Å². The van der Waals surface area contributed by atoms with Gasteiger partial charge in [0.2, 0.25) is 0 Å². The topological polar surface area (TPSA) is 24.9 Å². The van der Waals surface area contributed by atoms with Crippen LogP contribution in [0.4, 0.5) is 0 Å². The van der Waals surface area contributed by atoms with Crippen LogP contribution < -0.4 is 5.32 Å². The van der Waals surface area contributed by atoms with Crippen LogP contribution in [0.15, 0.2) is 0 Å². The predicted molar refractivity (Wildman–Crippen MR) is 72.6 cm³/mol. The molecule has 2 aliphatic carbocycles. The van der Waals surface area contributed by atoms with Gasteiger partial charge in [-0.25, -0.2) is 4.98 Å². The highest BCUT2D eigenvalue weighted by atomic mass is 32.1. The summed E-state index contributed by atoms with van der Waals surface area (Å²) in [5.74, 6) is 0. The summed E-state index contributed by atoms with van der Waals surface area (Å²) in [5, 5.41) is 5.19. The van der Waals surface area contributed by atoms with Crippen molar-refractivity contribution in [1.29, 1.82) is 0 Å². The van der Waals surface area contributed by atoms with Crippen molar-refractivity contribution < 1.29 is 0 Å². The molecule has 94 valence electrons. The Hall–Kier alpha value is -0.410. The SMILES string of the molecule is CCCNC1(c2nc3c(s2)CCC3)CCCC1. The first-order chi connectivity index (χ1) is 8.34. The summed E-state index contributed by atoms with van der Waals surface area (Å²) >= 11 is 1.99. The van der Waals surface area contributed by atoms with E-state index in [1.165, 1.54) is 62.1 Å². The van der Waals surface area contributed by atoms with Crippen molar-refractivity contribution in [3.8, 4) is 0 Å². The smallest absolute Gasteiger partial charge is 0.113 e. The number of rotatable bonds is 4. The number of nitrogens with one attached hydrogen (secondary N) is 1. The third-order valence-electron chi connectivity index (χ3n) is 4.18. The van der Waals surface area contributed by atoms with Gasteiger partial charge in [-0.2, -0.15) is 0 Å². The highest BCUT2D eigenvalue weighted by molar-refractivity contribution is 7.12. The third kappa shape index (κ3) is 2.04. The van der Waals surface area contributed by atoms with Crippen LogP contribution in [0.3, 0.4) is 0 Å². The summed E-state index contributed by atoms with van der Waals surface area (Å²) in [5.41, 5.74) is 1.65. The first kappa shape index (κ1) is 11.7. The highest BCUT2D eigenvalue weighted by Gasteiger charge is 2.38. The summed E-state index contributed by atoms with van der Waals surface area (Å²) < 4.78 is 0. The van der Waals surface area contributed by atoms with Crippen LogP contribution in [0.5, 0.6) is 0 Å². The molecule has 0 bridgehead atoms. The first-order valence-electron chi connectivity index (χ1n) is 7.08. The van der Waals surface area contributed by atoms with E-state index in [0.717, 1.165) is 6.54 Å². The van der Waals surface area contributed by atoms with Gasteiger partial charge < -0.3 is 5.32 Å². The van der Waals surface area contributed by atoms with E-state index >= 15 is 0 Å². The van der Waals surface area contributed by atoms with Crippen molar-refractivity contribution in [2.75, 3.05) is 6.54 Å². The van der Waals surface area contributed by atoms with Gasteiger partial charge in [0.1, 0.15) is 5.01 Å². The van der Waals surface area contributed by atoms with Gasteiger partial charge in [-0.1, -0.05) is 19.8 Å². The Kier molecular flexibility index (Phi) is 3.22. The molecule has 0 amide bonds. The van der Waals surface area contributed by atoms with Crippen LogP contribution in [-0.2, 0) is 18.4 Å². The molecule has 1 fully saturated rings. The standard InChI is InChI=1S/C14H22N2S/c1-2-10-15-14(8-3-4-9-14)13-16-11-6-5-7-12(11)17-13/h15H,2-10H2,1H3. The Labute approximate surface area is 108 Å². The lowest BCUT2D eigenvalue weighted by Gasteiger charge is -2.28. The number of fused-ring (bicyclic) bond motifs is 1. The second-order valence-corrected chi connectivity index (χ2v) is 6.54. The normalized spacial score (nSPS) is 21.9. The van der Waals surface area contributed by atoms with Crippen LogP contribution >= 0.6 is 11.3 Å². The lowest BCUT2D eigenvalue weighted by atomic mass is 9.98. The zero-order chi connectivity index (χ0) is 11.7. The summed E-state index contributed by atoms with van der Waals surface area (Å²) in [6.45, 7) is 3.38. The summed E-state index contributed by atoms with van der Waals surface area (Å²) in [6, 6.07) is 0. The number of thiazole rings is 1. The number of aromatic nitrogens is 1. The largest absolute Gasteiger partial charge is 0.305 e. The van der Waals surface area contributed by atoms with Gasteiger partial charge in [0, 0.05) is 4.88 Å². The van der Waals surface area contributed by atoms with Gasteiger partial charge in [-0.3, -0.25) is 0 Å². The Morgan fingerprint density at radius 3 is 2.76 bits per heavy atom. The molecule has 2 nitrogen and oxygen atoms in total. The minimum absolute atomic E-state index is 0.241. The van der Waals surface area contributed by atoms with Crippen LogP contribution in [0.25, 0.3) is 0 Å². The second kappa shape index (κ2) is 4.69. The second-order valence-electron chi connectivity index (χ2n) is 5.46. The van der Waals surface area contributed by atoms with Gasteiger partial charge in [-0.15, -0.1) is 11.3 Å². The molecule has 3 rings (SSSR count). The average molecular weight is 250 g/mol. The molecule has 0 aliphatic heterocycles. The van der Waals surface area contributed by atoms with Gasteiger partial charge in [0.15, 0.2) is 0 Å². The Morgan fingerprint density at radius 1 is 1.24 bits per heavy atom. The van der Waals surface area contributed by atoms with Crippen molar-refractivity contribution in [3.05, 3.63) is 15.6 Å². The zero-order valence-corrected chi connectivity index (χ0v) is 11.5. The quantitative estimate of drug-likeness (QED) is 0.886. The fourth-order valence-electron chi connectivity index (χ4n) is 3.20. The molecule has 1 saturated carbocycles. The molecule has 3 heteroatoms. The van der Waals surface area contributed by atoms with Crippen LogP contribution in [0.2, 0.25) is 0 Å². The lowest BCUT2D eigenvalue weighted by molar-refractivity contribution is 0.340. The molecule has 0 unspecified atom stereocenters. The van der Waals surface area contributed by atoms with E-state index in [1.807, 2.05) is 11.3 Å². The van der Waals surface area contributed by atoms with Crippen LogP contribution in [0, 0.1) is 0 Å². The molecule has 0 saturated heterocycles. The molecular weight excluding hydrogens is 228 g/mol. The maximum atomic E-state index is 4.95. The number of hydrogen-bond acceptors (Lipinski definition) is 3. The minimum Gasteiger partial charge on any atom is -0.305 e. The number of aryl methyl sites for hydroxylation is 2. The lowest BCUT2D eigenvalue weighted by Crippen LogP contribution is -2.40. The molecule has 2 aliphatic rings. The van der Waals surface area contributed by atoms with E-state index in [4.69, 9.17) is 4.98 Å². The fourth-order valence-corrected chi connectivity index (χ4v) is 4.58. The molecule has 0 atom stereocenters. The van der Waals surface area contributed by atoms with Gasteiger partial charge >= 0.3 is 0 Å². The average Bonchev–Trinajstić information content (AvgIpc) is 3.01. The summed E-state index contributed by atoms with van der Waals surface area (Å²) in [4.78, 5) is 6.53. The van der Waals surface area contributed by atoms with Crippen LogP contribution in [0.1, 0.15) is 61.0 Å². The maximum Gasteiger partial charge on any atom is 0.113 e. The summed E-state index contributed by atoms with van der Waals surface area (Å²) in [6.07, 6.45) is 10.3. The monoisotopic (exact) mass is 250 g/mol. The van der Waals surface area contributed by atoms with E-state index in [2.05, 4.69) is 12.2 Å². The van der Waals surface area contributed by atoms with E-state index in [0.29, 0.717) is 0 Å². The van der Waals surface area contributed by atoms with Crippen molar-refractivity contribution in [2.24, 2.45) is 0 Å². The van der Waals surface area contributed by atoms with Gasteiger partial charge in [-0.05, 0) is 45.1 Å². The molecule has 0 radical (unpaired) electrons. The maximum absolute atomic E-state index is 4.95. The Balaban J connectivity index is 1.86. The van der Waals surface area contributed by atoms with E-state index in [-0.39, 0.29) is 5.54 Å². The Morgan fingerprint density at radius 2 is 2.06 bits per heavy atom. The predicted octanol–water partition coefficient (Wildman–Crippen LogP) is 3.40. The van der Waals surface area contributed by atoms with Crippen molar-refractivity contribution in [3.63, 3.8) is 0 Å². The van der Waals surface area contributed by atoms with Crippen molar-refractivity contribution >= 4 is 11.3 Å². The molecular formula is C14H22N2S. The van der Waals surface area contributed by atoms with E-state index in [9.17, 15) is 0 Å². The molecule has 0 aromatic carbocycles. The fraction of sp³-hybridized carbons (Fsp3) is 0.786. The Bertz CT molecular complexity index is 369. The van der Waals surface area contributed by atoms with E-state index < -0.39 is 0 Å². The molecule has 0 spiro atoms. The zero-order valence-electron chi connectivity index (χ0n) is 10.7. The molecule has 1 N–H and O–H groups in total. The molecule has 1 heterocycles. The number of nitrogens with zero attached hydrogens (tertiary/aromatic N) is 1. The van der Waals surface area contributed by atoms with Crippen molar-refractivity contribution in [1.82, 2.24) is 10.3 Å². The molecule has 1 aromatic rings. The molecule has 17 heavy (non-hydrogen) atoms. The highest BCUT2D eigenvalue weighted by Crippen LogP contribution is 2.42.